The van der Waals surface area contributed by atoms with Crippen molar-refractivity contribution in [3.05, 3.63) is 75.5 Å². The average molecular weight is 442 g/mol. The molecule has 3 aromatic rings. The molecule has 0 atom stereocenters. The van der Waals surface area contributed by atoms with Gasteiger partial charge in [0.25, 0.3) is 5.91 Å². The third-order valence-electron chi connectivity index (χ3n) is 4.61. The van der Waals surface area contributed by atoms with Gasteiger partial charge in [-0.05, 0) is 61.0 Å². The summed E-state index contributed by atoms with van der Waals surface area (Å²) in [5.41, 5.74) is 3.11. The first-order valence-electron chi connectivity index (χ1n) is 9.32. The highest BCUT2D eigenvalue weighted by Crippen LogP contribution is 2.33. The molecule has 1 fully saturated rings. The highest BCUT2D eigenvalue weighted by molar-refractivity contribution is 8.03. The molecule has 0 unspecified atom stereocenters. The van der Waals surface area contributed by atoms with Crippen LogP contribution in [0.25, 0.3) is 6.08 Å². The SMILES string of the molecule is COc1ccc(C(=O)N2CCS/C2=C/c2csc(Nc3ccc(F)cc3)n2)cc1C. The van der Waals surface area contributed by atoms with E-state index in [2.05, 4.69) is 10.3 Å². The minimum absolute atomic E-state index is 0.0307. The number of rotatable bonds is 5. The van der Waals surface area contributed by atoms with Gasteiger partial charge in [0.2, 0.25) is 0 Å². The number of anilines is 2. The van der Waals surface area contributed by atoms with Gasteiger partial charge in [-0.15, -0.1) is 23.1 Å². The lowest BCUT2D eigenvalue weighted by Crippen LogP contribution is -2.26. The predicted molar refractivity (Wildman–Crippen MR) is 121 cm³/mol. The van der Waals surface area contributed by atoms with Gasteiger partial charge in [-0.1, -0.05) is 0 Å². The number of nitrogens with one attached hydrogen (secondary N) is 1. The molecule has 2 heterocycles. The van der Waals surface area contributed by atoms with Crippen molar-refractivity contribution < 1.29 is 13.9 Å². The Balaban J connectivity index is 1.50. The van der Waals surface area contributed by atoms with Crippen LogP contribution in [0.2, 0.25) is 0 Å². The van der Waals surface area contributed by atoms with Crippen LogP contribution < -0.4 is 10.1 Å². The van der Waals surface area contributed by atoms with Crippen LogP contribution in [0, 0.1) is 12.7 Å². The number of carbonyl (C=O) groups excluding carboxylic acids is 1. The third kappa shape index (κ3) is 4.49. The molecule has 1 N–H and O–H groups in total. The van der Waals surface area contributed by atoms with Crippen LogP contribution >= 0.6 is 23.1 Å². The summed E-state index contributed by atoms with van der Waals surface area (Å²) in [7, 11) is 1.62. The zero-order chi connectivity index (χ0) is 21.1. The van der Waals surface area contributed by atoms with E-state index in [9.17, 15) is 9.18 Å². The number of ether oxygens (including phenoxy) is 1. The van der Waals surface area contributed by atoms with Gasteiger partial charge >= 0.3 is 0 Å². The van der Waals surface area contributed by atoms with E-state index < -0.39 is 0 Å². The number of carbonyl (C=O) groups is 1. The van der Waals surface area contributed by atoms with Gasteiger partial charge in [-0.3, -0.25) is 4.79 Å². The van der Waals surface area contributed by atoms with Crippen molar-refractivity contribution in [3.63, 3.8) is 0 Å². The van der Waals surface area contributed by atoms with Gasteiger partial charge < -0.3 is 15.0 Å². The van der Waals surface area contributed by atoms with E-state index in [1.54, 1.807) is 42.0 Å². The van der Waals surface area contributed by atoms with Crippen LogP contribution in [0.5, 0.6) is 5.75 Å². The summed E-state index contributed by atoms with van der Waals surface area (Å²) in [5, 5.41) is 6.68. The Labute approximate surface area is 182 Å². The smallest absolute Gasteiger partial charge is 0.258 e. The van der Waals surface area contributed by atoms with Crippen molar-refractivity contribution >= 4 is 45.9 Å². The molecule has 1 amide bonds. The summed E-state index contributed by atoms with van der Waals surface area (Å²) in [6, 6.07) is 11.6. The molecule has 8 heteroatoms. The van der Waals surface area contributed by atoms with E-state index in [1.165, 1.54) is 23.5 Å². The standard InChI is InChI=1S/C22H20FN3O2S2/c1-14-11-15(3-8-19(14)28-2)21(27)26-9-10-29-20(26)12-18-13-30-22(25-18)24-17-6-4-16(23)5-7-17/h3-8,11-13H,9-10H2,1-2H3,(H,24,25)/b20-12+. The lowest BCUT2D eigenvalue weighted by molar-refractivity contribution is 0.0831. The molecule has 0 aliphatic carbocycles. The van der Waals surface area contributed by atoms with Gasteiger partial charge in [-0.2, -0.15) is 0 Å². The summed E-state index contributed by atoms with van der Waals surface area (Å²) in [5.74, 6) is 1.30. The summed E-state index contributed by atoms with van der Waals surface area (Å²) in [4.78, 5) is 19.4. The number of methoxy groups -OCH3 is 1. The van der Waals surface area contributed by atoms with E-state index in [-0.39, 0.29) is 11.7 Å². The zero-order valence-corrected chi connectivity index (χ0v) is 18.1. The van der Waals surface area contributed by atoms with E-state index in [1.807, 2.05) is 30.5 Å². The molecule has 2 aromatic carbocycles. The Morgan fingerprint density at radius 1 is 1.27 bits per heavy atom. The Kier molecular flexibility index (Phi) is 6.06. The topological polar surface area (TPSA) is 54.5 Å². The largest absolute Gasteiger partial charge is 0.496 e. The minimum atomic E-state index is -0.278. The van der Waals surface area contributed by atoms with Crippen LogP contribution in [0.4, 0.5) is 15.2 Å². The van der Waals surface area contributed by atoms with Crippen molar-refractivity contribution in [1.29, 1.82) is 0 Å². The Hall–Kier alpha value is -2.84. The first-order chi connectivity index (χ1) is 14.5. The van der Waals surface area contributed by atoms with E-state index in [0.29, 0.717) is 17.2 Å². The molecule has 0 spiro atoms. The molecule has 30 heavy (non-hydrogen) atoms. The number of thiazole rings is 1. The fourth-order valence-electron chi connectivity index (χ4n) is 3.11. The van der Waals surface area contributed by atoms with Gasteiger partial charge in [-0.25, -0.2) is 9.37 Å². The minimum Gasteiger partial charge on any atom is -0.496 e. The zero-order valence-electron chi connectivity index (χ0n) is 16.5. The van der Waals surface area contributed by atoms with Crippen molar-refractivity contribution in [3.8, 4) is 5.75 Å². The Morgan fingerprint density at radius 3 is 2.80 bits per heavy atom. The lowest BCUT2D eigenvalue weighted by atomic mass is 10.1. The highest BCUT2D eigenvalue weighted by atomic mass is 32.2. The quantitative estimate of drug-likeness (QED) is 0.564. The Bertz CT molecular complexity index is 1100. The van der Waals surface area contributed by atoms with Gasteiger partial charge in [0.1, 0.15) is 11.6 Å². The highest BCUT2D eigenvalue weighted by Gasteiger charge is 2.26. The maximum Gasteiger partial charge on any atom is 0.258 e. The van der Waals surface area contributed by atoms with Gasteiger partial charge in [0.05, 0.1) is 17.8 Å². The molecule has 0 bridgehead atoms. The summed E-state index contributed by atoms with van der Waals surface area (Å²) < 4.78 is 18.3. The number of hydrogen-bond acceptors (Lipinski definition) is 6. The molecule has 1 aliphatic heterocycles. The number of benzene rings is 2. The lowest BCUT2D eigenvalue weighted by Gasteiger charge is -2.17. The number of aromatic nitrogens is 1. The molecule has 1 saturated heterocycles. The first kappa shape index (κ1) is 20.4. The maximum atomic E-state index is 13.1. The van der Waals surface area contributed by atoms with Crippen molar-refractivity contribution in [2.45, 2.75) is 6.92 Å². The second-order valence-electron chi connectivity index (χ2n) is 6.68. The summed E-state index contributed by atoms with van der Waals surface area (Å²) >= 11 is 3.10. The van der Waals surface area contributed by atoms with Gasteiger partial charge in [0, 0.05) is 28.9 Å². The molecule has 1 aliphatic rings. The number of aryl methyl sites for hydroxylation is 1. The number of thioether (sulfide) groups is 1. The molecule has 154 valence electrons. The maximum absolute atomic E-state index is 13.1. The number of amides is 1. The second kappa shape index (κ2) is 8.89. The number of hydrogen-bond donors (Lipinski definition) is 1. The fourth-order valence-corrected chi connectivity index (χ4v) is 4.82. The molecule has 4 rings (SSSR count). The Morgan fingerprint density at radius 2 is 2.07 bits per heavy atom. The van der Waals surface area contributed by atoms with Crippen molar-refractivity contribution in [2.75, 3.05) is 24.7 Å². The fraction of sp³-hybridized carbons (Fsp3) is 0.182. The number of halogens is 1. The van der Waals surface area contributed by atoms with Crippen molar-refractivity contribution in [2.24, 2.45) is 0 Å². The van der Waals surface area contributed by atoms with E-state index in [0.717, 1.165) is 33.5 Å². The number of nitrogens with zero attached hydrogens (tertiary/aromatic N) is 2. The normalized spacial score (nSPS) is 14.9. The monoisotopic (exact) mass is 441 g/mol. The van der Waals surface area contributed by atoms with Crippen molar-refractivity contribution in [1.82, 2.24) is 9.88 Å². The van der Waals surface area contributed by atoms with Crippen LogP contribution in [-0.2, 0) is 0 Å². The van der Waals surface area contributed by atoms with Crippen LogP contribution in [0.1, 0.15) is 21.6 Å². The molecule has 1 aromatic heterocycles. The molecular formula is C22H20FN3O2S2. The van der Waals surface area contributed by atoms with E-state index >= 15 is 0 Å². The molecular weight excluding hydrogens is 421 g/mol. The van der Waals surface area contributed by atoms with Crippen LogP contribution in [0.3, 0.4) is 0 Å². The molecule has 5 nitrogen and oxygen atoms in total. The summed E-state index contributed by atoms with van der Waals surface area (Å²) in [6.07, 6.45) is 1.93. The van der Waals surface area contributed by atoms with E-state index in [4.69, 9.17) is 4.74 Å². The average Bonchev–Trinajstić information content (AvgIpc) is 3.39. The second-order valence-corrected chi connectivity index (χ2v) is 8.65. The summed E-state index contributed by atoms with van der Waals surface area (Å²) in [6.45, 7) is 2.58. The van der Waals surface area contributed by atoms with Crippen LogP contribution in [0.15, 0.2) is 52.9 Å². The van der Waals surface area contributed by atoms with Gasteiger partial charge in [0.15, 0.2) is 5.13 Å². The third-order valence-corrected chi connectivity index (χ3v) is 6.40. The molecule has 0 saturated carbocycles. The predicted octanol–water partition coefficient (Wildman–Crippen LogP) is 5.53. The van der Waals surface area contributed by atoms with Crippen LogP contribution in [-0.4, -0.2) is 35.2 Å². The molecule has 0 radical (unpaired) electrons. The first-order valence-corrected chi connectivity index (χ1v) is 11.2.